The van der Waals surface area contributed by atoms with Gasteiger partial charge in [0.1, 0.15) is 6.10 Å². The van der Waals surface area contributed by atoms with Gasteiger partial charge < -0.3 is 19.6 Å². The van der Waals surface area contributed by atoms with Gasteiger partial charge >= 0.3 is 6.09 Å². The Hall–Kier alpha value is -2.38. The number of hydrogen-bond acceptors (Lipinski definition) is 6. The summed E-state index contributed by atoms with van der Waals surface area (Å²) in [4.78, 5) is 24.6. The second-order valence-corrected chi connectivity index (χ2v) is 8.69. The van der Waals surface area contributed by atoms with Crippen molar-refractivity contribution in [3.8, 4) is 0 Å². The van der Waals surface area contributed by atoms with E-state index >= 15 is 0 Å². The Balaban J connectivity index is 0.000000367. The summed E-state index contributed by atoms with van der Waals surface area (Å²) < 4.78 is 5.50. The van der Waals surface area contributed by atoms with Gasteiger partial charge in [0.2, 0.25) is 5.95 Å². The quantitative estimate of drug-likeness (QED) is 0.792. The average molecular weight is 433 g/mol. The Morgan fingerprint density at radius 1 is 1.10 bits per heavy atom. The molecule has 2 aromatic rings. The molecule has 3 heterocycles. The normalized spacial score (nSPS) is 21.7. The number of amides is 1. The average Bonchev–Trinajstić information content (AvgIpc) is 3.19. The van der Waals surface area contributed by atoms with E-state index in [1.807, 2.05) is 36.4 Å². The van der Waals surface area contributed by atoms with E-state index in [0.29, 0.717) is 30.5 Å². The summed E-state index contributed by atoms with van der Waals surface area (Å²) in [5.41, 5.74) is -0.830. The van der Waals surface area contributed by atoms with Crippen LogP contribution in [0, 0.1) is 0 Å². The fourth-order valence-electron chi connectivity index (χ4n) is 3.71. The van der Waals surface area contributed by atoms with Gasteiger partial charge in [0, 0.05) is 32.5 Å². The SMILES string of the molecule is CC(C)(O)CC1CCN(C2CCN(c3ncc(Cl)cn3)C2)C(=O)O1.c1ccccc1. The van der Waals surface area contributed by atoms with Gasteiger partial charge in [-0.25, -0.2) is 14.8 Å². The van der Waals surface area contributed by atoms with E-state index < -0.39 is 5.60 Å². The van der Waals surface area contributed by atoms with Crippen LogP contribution in [-0.4, -0.2) is 63.4 Å². The highest BCUT2D eigenvalue weighted by Gasteiger charge is 2.37. The number of benzene rings is 1. The molecule has 2 fully saturated rings. The number of anilines is 1. The minimum Gasteiger partial charge on any atom is -0.446 e. The minimum absolute atomic E-state index is 0.0971. The maximum atomic E-state index is 12.3. The largest absolute Gasteiger partial charge is 0.446 e. The third-order valence-electron chi connectivity index (χ3n) is 5.08. The fourth-order valence-corrected chi connectivity index (χ4v) is 3.81. The highest BCUT2D eigenvalue weighted by Crippen LogP contribution is 2.26. The molecule has 0 saturated carbocycles. The highest BCUT2D eigenvalue weighted by molar-refractivity contribution is 6.30. The van der Waals surface area contributed by atoms with Crippen molar-refractivity contribution in [2.45, 2.75) is 50.9 Å². The number of nitrogens with zero attached hydrogens (tertiary/aromatic N) is 4. The Kier molecular flexibility index (Phi) is 7.50. The smallest absolute Gasteiger partial charge is 0.410 e. The van der Waals surface area contributed by atoms with Gasteiger partial charge in [0.05, 0.1) is 29.1 Å². The first kappa shape index (κ1) is 22.3. The van der Waals surface area contributed by atoms with Crippen LogP contribution in [-0.2, 0) is 4.74 Å². The monoisotopic (exact) mass is 432 g/mol. The summed E-state index contributed by atoms with van der Waals surface area (Å²) in [6.07, 6.45) is 4.70. The van der Waals surface area contributed by atoms with E-state index in [4.69, 9.17) is 16.3 Å². The van der Waals surface area contributed by atoms with Crippen molar-refractivity contribution in [3.05, 3.63) is 53.8 Å². The van der Waals surface area contributed by atoms with Crippen molar-refractivity contribution in [1.82, 2.24) is 14.9 Å². The number of aromatic nitrogens is 2. The van der Waals surface area contributed by atoms with Crippen LogP contribution in [0.15, 0.2) is 48.8 Å². The Morgan fingerprint density at radius 2 is 1.70 bits per heavy atom. The molecule has 7 nitrogen and oxygen atoms in total. The second-order valence-electron chi connectivity index (χ2n) is 8.25. The number of carbonyl (C=O) groups is 1. The Bertz CT molecular complexity index is 772. The predicted octanol–water partition coefficient (Wildman–Crippen LogP) is 3.77. The number of hydrogen-bond donors (Lipinski definition) is 1. The fraction of sp³-hybridized carbons (Fsp3) is 0.500. The topological polar surface area (TPSA) is 78.8 Å². The molecule has 0 spiro atoms. The van der Waals surface area contributed by atoms with Crippen LogP contribution in [0.25, 0.3) is 0 Å². The van der Waals surface area contributed by atoms with Crippen LogP contribution in [0.1, 0.15) is 33.1 Å². The van der Waals surface area contributed by atoms with E-state index in [1.165, 1.54) is 0 Å². The number of aliphatic hydroxyl groups is 1. The molecular formula is C22H29ClN4O3. The molecule has 0 radical (unpaired) electrons. The van der Waals surface area contributed by atoms with Gasteiger partial charge in [-0.2, -0.15) is 0 Å². The summed E-state index contributed by atoms with van der Waals surface area (Å²) in [6, 6.07) is 12.1. The summed E-state index contributed by atoms with van der Waals surface area (Å²) in [6.45, 7) is 5.60. The third-order valence-corrected chi connectivity index (χ3v) is 5.28. The van der Waals surface area contributed by atoms with E-state index in [2.05, 4.69) is 14.9 Å². The molecule has 2 saturated heterocycles. The van der Waals surface area contributed by atoms with E-state index in [9.17, 15) is 9.90 Å². The van der Waals surface area contributed by atoms with Crippen LogP contribution in [0.2, 0.25) is 5.02 Å². The molecule has 162 valence electrons. The van der Waals surface area contributed by atoms with E-state index in [0.717, 1.165) is 19.4 Å². The molecule has 1 aromatic heterocycles. The van der Waals surface area contributed by atoms with E-state index in [1.54, 1.807) is 31.1 Å². The van der Waals surface area contributed by atoms with Crippen LogP contribution >= 0.6 is 11.6 Å². The van der Waals surface area contributed by atoms with E-state index in [-0.39, 0.29) is 18.2 Å². The molecule has 2 atom stereocenters. The molecule has 4 rings (SSSR count). The van der Waals surface area contributed by atoms with Gasteiger partial charge in [-0.1, -0.05) is 48.0 Å². The second kappa shape index (κ2) is 10.1. The zero-order valence-electron chi connectivity index (χ0n) is 17.4. The summed E-state index contributed by atoms with van der Waals surface area (Å²) in [5.74, 6) is 0.632. The van der Waals surface area contributed by atoms with Crippen molar-refractivity contribution in [2.24, 2.45) is 0 Å². The number of rotatable bonds is 4. The first-order valence-electron chi connectivity index (χ1n) is 10.2. The molecule has 1 amide bonds. The van der Waals surface area contributed by atoms with Gasteiger partial charge in [-0.05, 0) is 20.3 Å². The predicted molar refractivity (Wildman–Crippen MR) is 117 cm³/mol. The Labute approximate surface area is 182 Å². The summed E-state index contributed by atoms with van der Waals surface area (Å²) in [5, 5.41) is 10.4. The standard InChI is InChI=1S/C16H23ClN4O3.C6H6/c1-16(2,23)7-13-4-6-21(15(22)24-13)12-3-5-20(10-12)14-18-8-11(17)9-19-14;1-2-4-6-5-3-1/h8-9,12-13,23H,3-7,10H2,1-2H3;1-6H. The lowest BCUT2D eigenvalue weighted by atomic mass is 9.98. The van der Waals surface area contributed by atoms with Gasteiger partial charge in [-0.3, -0.25) is 0 Å². The van der Waals surface area contributed by atoms with Crippen molar-refractivity contribution >= 4 is 23.6 Å². The van der Waals surface area contributed by atoms with Gasteiger partial charge in [0.15, 0.2) is 0 Å². The maximum Gasteiger partial charge on any atom is 0.410 e. The first-order chi connectivity index (χ1) is 14.3. The van der Waals surface area contributed by atoms with Crippen LogP contribution in [0.4, 0.5) is 10.7 Å². The Morgan fingerprint density at radius 3 is 2.23 bits per heavy atom. The first-order valence-corrected chi connectivity index (χ1v) is 10.6. The summed E-state index contributed by atoms with van der Waals surface area (Å²) in [7, 11) is 0. The van der Waals surface area contributed by atoms with Crippen LogP contribution in [0.3, 0.4) is 0 Å². The van der Waals surface area contributed by atoms with Crippen LogP contribution < -0.4 is 4.90 Å². The maximum absolute atomic E-state index is 12.3. The number of ether oxygens (including phenoxy) is 1. The molecule has 2 aliphatic rings. The zero-order chi connectivity index (χ0) is 21.6. The minimum atomic E-state index is -0.830. The lowest BCUT2D eigenvalue weighted by molar-refractivity contribution is -0.0304. The van der Waals surface area contributed by atoms with Crippen molar-refractivity contribution in [3.63, 3.8) is 0 Å². The molecule has 2 unspecified atom stereocenters. The summed E-state index contributed by atoms with van der Waals surface area (Å²) >= 11 is 5.82. The molecule has 2 aliphatic heterocycles. The molecule has 8 heteroatoms. The van der Waals surface area contributed by atoms with Crippen molar-refractivity contribution in [2.75, 3.05) is 24.5 Å². The number of halogens is 1. The number of cyclic esters (lactones) is 1. The third kappa shape index (κ3) is 6.57. The van der Waals surface area contributed by atoms with Gasteiger partial charge in [-0.15, -0.1) is 0 Å². The van der Waals surface area contributed by atoms with Crippen molar-refractivity contribution in [1.29, 1.82) is 0 Å². The zero-order valence-corrected chi connectivity index (χ0v) is 18.2. The molecule has 30 heavy (non-hydrogen) atoms. The molecule has 1 aromatic carbocycles. The molecule has 0 bridgehead atoms. The molecule has 1 N–H and O–H groups in total. The van der Waals surface area contributed by atoms with Crippen LogP contribution in [0.5, 0.6) is 0 Å². The van der Waals surface area contributed by atoms with Gasteiger partial charge in [0.25, 0.3) is 0 Å². The lowest BCUT2D eigenvalue weighted by Gasteiger charge is -2.37. The molecule has 0 aliphatic carbocycles. The van der Waals surface area contributed by atoms with Crippen molar-refractivity contribution < 1.29 is 14.6 Å². The number of carbonyl (C=O) groups excluding carboxylic acids is 1. The lowest BCUT2D eigenvalue weighted by Crippen LogP contribution is -2.49. The highest BCUT2D eigenvalue weighted by atomic mass is 35.5. The molecular weight excluding hydrogens is 404 g/mol.